The zero-order valence-electron chi connectivity index (χ0n) is 9.83. The number of nitrogens with zero attached hydrogens (tertiary/aromatic N) is 3. The Kier molecular flexibility index (Phi) is 4.06. The van der Waals surface area contributed by atoms with Gasteiger partial charge < -0.3 is 4.57 Å². The van der Waals surface area contributed by atoms with Gasteiger partial charge in [0.25, 0.3) is 0 Å². The highest BCUT2D eigenvalue weighted by molar-refractivity contribution is 9.08. The van der Waals surface area contributed by atoms with Gasteiger partial charge in [0, 0.05) is 12.1 Å². The maximum absolute atomic E-state index is 13.2. The first-order valence-corrected chi connectivity index (χ1v) is 6.73. The summed E-state index contributed by atoms with van der Waals surface area (Å²) in [7, 11) is 0. The van der Waals surface area contributed by atoms with Gasteiger partial charge in [0.2, 0.25) is 0 Å². The van der Waals surface area contributed by atoms with Crippen LogP contribution in [0.3, 0.4) is 0 Å². The minimum atomic E-state index is -0.876. The van der Waals surface area contributed by atoms with Gasteiger partial charge >= 0.3 is 0 Å². The van der Waals surface area contributed by atoms with E-state index in [2.05, 4.69) is 26.1 Å². The molecule has 0 saturated heterocycles. The Bertz CT molecular complexity index is 554. The molecule has 0 fully saturated rings. The highest BCUT2D eigenvalue weighted by atomic mass is 79.9. The van der Waals surface area contributed by atoms with Crippen LogP contribution in [0.1, 0.15) is 19.2 Å². The van der Waals surface area contributed by atoms with Crippen LogP contribution in [0, 0.1) is 11.6 Å². The lowest BCUT2D eigenvalue weighted by Gasteiger charge is -2.07. The van der Waals surface area contributed by atoms with Gasteiger partial charge in [-0.15, -0.1) is 10.2 Å². The van der Waals surface area contributed by atoms with E-state index in [1.54, 1.807) is 0 Å². The molecule has 0 spiro atoms. The van der Waals surface area contributed by atoms with Gasteiger partial charge in [-0.3, -0.25) is 0 Å². The number of alkyl halides is 1. The number of halogens is 3. The van der Waals surface area contributed by atoms with Crippen molar-refractivity contribution in [1.29, 1.82) is 0 Å². The van der Waals surface area contributed by atoms with Crippen molar-refractivity contribution in [3.05, 3.63) is 35.7 Å². The molecule has 0 N–H and O–H groups in total. The topological polar surface area (TPSA) is 30.7 Å². The van der Waals surface area contributed by atoms with Crippen LogP contribution in [-0.4, -0.2) is 14.8 Å². The Hall–Kier alpha value is -1.30. The zero-order chi connectivity index (χ0) is 13.1. The van der Waals surface area contributed by atoms with Gasteiger partial charge in [-0.25, -0.2) is 8.78 Å². The van der Waals surface area contributed by atoms with Crippen molar-refractivity contribution in [2.75, 3.05) is 0 Å². The van der Waals surface area contributed by atoms with E-state index in [4.69, 9.17) is 0 Å². The van der Waals surface area contributed by atoms with Crippen molar-refractivity contribution in [2.45, 2.75) is 25.2 Å². The molecule has 0 atom stereocenters. The molecule has 0 saturated carbocycles. The second-order valence-corrected chi connectivity index (χ2v) is 4.41. The fourth-order valence-corrected chi connectivity index (χ4v) is 2.16. The molecule has 0 amide bonds. The van der Waals surface area contributed by atoms with Crippen LogP contribution in [0.15, 0.2) is 18.2 Å². The molecule has 1 aromatic heterocycles. The largest absolute Gasteiger partial charge is 0.310 e. The average Bonchev–Trinajstić information content (AvgIpc) is 2.76. The summed E-state index contributed by atoms with van der Waals surface area (Å²) >= 11 is 3.33. The van der Waals surface area contributed by atoms with Crippen LogP contribution in [0.25, 0.3) is 11.4 Å². The third-order valence-electron chi connectivity index (χ3n) is 2.57. The standard InChI is InChI=1S/C12H12BrF2N3/c1-2-5-18-11(7-13)16-17-12(18)8-3-4-9(14)10(15)6-8/h3-4,6H,2,5,7H2,1H3. The van der Waals surface area contributed by atoms with Crippen LogP contribution >= 0.6 is 15.9 Å². The SMILES string of the molecule is CCCn1c(CBr)nnc1-c1ccc(F)c(F)c1. The first-order valence-electron chi connectivity index (χ1n) is 5.60. The van der Waals surface area contributed by atoms with Crippen molar-refractivity contribution in [3.63, 3.8) is 0 Å². The fraction of sp³-hybridized carbons (Fsp3) is 0.333. The van der Waals surface area contributed by atoms with Crippen molar-refractivity contribution < 1.29 is 8.78 Å². The number of aromatic nitrogens is 3. The van der Waals surface area contributed by atoms with E-state index in [-0.39, 0.29) is 0 Å². The number of rotatable bonds is 4. The molecular formula is C12H12BrF2N3. The van der Waals surface area contributed by atoms with E-state index in [1.807, 2.05) is 11.5 Å². The van der Waals surface area contributed by atoms with Crippen LogP contribution in [0.5, 0.6) is 0 Å². The molecular weight excluding hydrogens is 304 g/mol. The molecule has 6 heteroatoms. The molecule has 96 valence electrons. The van der Waals surface area contributed by atoms with Gasteiger partial charge in [-0.2, -0.15) is 0 Å². The summed E-state index contributed by atoms with van der Waals surface area (Å²) in [5, 5.41) is 8.65. The molecule has 18 heavy (non-hydrogen) atoms. The second-order valence-electron chi connectivity index (χ2n) is 3.85. The first kappa shape index (κ1) is 13.1. The Labute approximate surface area is 112 Å². The van der Waals surface area contributed by atoms with E-state index in [1.165, 1.54) is 6.07 Å². The predicted octanol–water partition coefficient (Wildman–Crippen LogP) is 3.53. The predicted molar refractivity (Wildman–Crippen MR) is 68.3 cm³/mol. The van der Waals surface area contributed by atoms with Gasteiger partial charge in [0.15, 0.2) is 17.5 Å². The van der Waals surface area contributed by atoms with Crippen molar-refractivity contribution in [2.24, 2.45) is 0 Å². The molecule has 1 aromatic carbocycles. The molecule has 0 aliphatic rings. The van der Waals surface area contributed by atoms with Crippen molar-refractivity contribution >= 4 is 15.9 Å². The molecule has 0 bridgehead atoms. The van der Waals surface area contributed by atoms with E-state index in [0.717, 1.165) is 30.9 Å². The maximum Gasteiger partial charge on any atom is 0.164 e. The van der Waals surface area contributed by atoms with E-state index >= 15 is 0 Å². The first-order chi connectivity index (χ1) is 8.67. The summed E-state index contributed by atoms with van der Waals surface area (Å²) in [6.07, 6.45) is 0.911. The number of hydrogen-bond donors (Lipinski definition) is 0. The highest BCUT2D eigenvalue weighted by Gasteiger charge is 2.14. The van der Waals surface area contributed by atoms with Gasteiger partial charge in [-0.1, -0.05) is 22.9 Å². The summed E-state index contributed by atoms with van der Waals surface area (Å²) in [6, 6.07) is 3.75. The molecule has 0 aliphatic heterocycles. The third-order valence-corrected chi connectivity index (χ3v) is 3.07. The fourth-order valence-electron chi connectivity index (χ4n) is 1.74. The quantitative estimate of drug-likeness (QED) is 0.808. The summed E-state index contributed by atoms with van der Waals surface area (Å²) in [4.78, 5) is 0. The van der Waals surface area contributed by atoms with Crippen molar-refractivity contribution in [1.82, 2.24) is 14.8 Å². The van der Waals surface area contributed by atoms with Crippen LogP contribution in [0.4, 0.5) is 8.78 Å². The summed E-state index contributed by atoms with van der Waals surface area (Å²) in [5.41, 5.74) is 0.530. The maximum atomic E-state index is 13.2. The molecule has 1 heterocycles. The molecule has 0 aliphatic carbocycles. The number of benzene rings is 1. The molecule has 2 rings (SSSR count). The van der Waals surface area contributed by atoms with E-state index in [9.17, 15) is 8.78 Å². The third kappa shape index (κ3) is 2.43. The minimum absolute atomic E-state index is 0.530. The Morgan fingerprint density at radius 2 is 2.00 bits per heavy atom. The van der Waals surface area contributed by atoms with Crippen LogP contribution in [0.2, 0.25) is 0 Å². The Morgan fingerprint density at radius 1 is 1.22 bits per heavy atom. The van der Waals surface area contributed by atoms with E-state index < -0.39 is 11.6 Å². The summed E-state index contributed by atoms with van der Waals surface area (Å²) in [6.45, 7) is 2.77. The van der Waals surface area contributed by atoms with Crippen molar-refractivity contribution in [3.8, 4) is 11.4 Å². The molecule has 0 radical (unpaired) electrons. The van der Waals surface area contributed by atoms with Crippen LogP contribution < -0.4 is 0 Å². The van der Waals surface area contributed by atoms with Gasteiger partial charge in [0.1, 0.15) is 5.82 Å². The molecule has 2 aromatic rings. The lowest BCUT2D eigenvalue weighted by molar-refractivity contribution is 0.509. The van der Waals surface area contributed by atoms with Crippen LogP contribution in [-0.2, 0) is 11.9 Å². The lowest BCUT2D eigenvalue weighted by atomic mass is 10.2. The average molecular weight is 316 g/mol. The zero-order valence-corrected chi connectivity index (χ0v) is 11.4. The summed E-state index contributed by atoms with van der Waals surface area (Å²) in [5.74, 6) is -0.401. The van der Waals surface area contributed by atoms with E-state index in [0.29, 0.717) is 16.7 Å². The molecule has 3 nitrogen and oxygen atoms in total. The normalized spacial score (nSPS) is 10.9. The Morgan fingerprint density at radius 3 is 2.61 bits per heavy atom. The lowest BCUT2D eigenvalue weighted by Crippen LogP contribution is -2.04. The monoisotopic (exact) mass is 315 g/mol. The Balaban J connectivity index is 2.49. The van der Waals surface area contributed by atoms with Gasteiger partial charge in [0.05, 0.1) is 5.33 Å². The number of hydrogen-bond acceptors (Lipinski definition) is 2. The molecule has 0 unspecified atom stereocenters. The van der Waals surface area contributed by atoms with Gasteiger partial charge in [-0.05, 0) is 24.6 Å². The summed E-state index contributed by atoms with van der Waals surface area (Å²) < 4.78 is 28.0. The smallest absolute Gasteiger partial charge is 0.164 e. The highest BCUT2D eigenvalue weighted by Crippen LogP contribution is 2.22. The minimum Gasteiger partial charge on any atom is -0.310 e. The second kappa shape index (κ2) is 5.56.